The fraction of sp³-hybridized carbons (Fsp3) is 0.0833. The quantitative estimate of drug-likeness (QED) is 0.898. The van der Waals surface area contributed by atoms with Crippen LogP contribution in [-0.2, 0) is 6.61 Å². The minimum absolute atomic E-state index is 0.128. The Morgan fingerprint density at radius 1 is 1.12 bits per heavy atom. The van der Waals surface area contributed by atoms with Crippen LogP contribution in [0.25, 0.3) is 11.3 Å². The first-order chi connectivity index (χ1) is 8.13. The van der Waals surface area contributed by atoms with E-state index >= 15 is 0 Å². The van der Waals surface area contributed by atoms with Crippen LogP contribution in [0.3, 0.4) is 0 Å². The van der Waals surface area contributed by atoms with Gasteiger partial charge >= 0.3 is 0 Å². The lowest BCUT2D eigenvalue weighted by atomic mass is 10.0. The van der Waals surface area contributed by atoms with E-state index in [0.29, 0.717) is 31.9 Å². The molecule has 0 aliphatic rings. The Hall–Kier alpha value is -0.800. The Kier molecular flexibility index (Phi) is 3.89. The predicted octanol–water partition coefficient (Wildman–Crippen LogP) is 4.20. The highest BCUT2D eigenvalue weighted by Gasteiger charge is 2.13. The molecule has 5 heteroatoms. The molecule has 0 saturated heterocycles. The first kappa shape index (κ1) is 12.7. The average molecular weight is 289 g/mol. The normalized spacial score (nSPS) is 10.6. The summed E-state index contributed by atoms with van der Waals surface area (Å²) in [4.78, 5) is 4.16. The van der Waals surface area contributed by atoms with E-state index in [1.54, 1.807) is 24.3 Å². The van der Waals surface area contributed by atoms with Crippen molar-refractivity contribution in [1.82, 2.24) is 4.98 Å². The molecule has 2 aromatic rings. The van der Waals surface area contributed by atoms with Crippen molar-refractivity contribution in [2.24, 2.45) is 0 Å². The molecule has 88 valence electrons. The molecule has 0 amide bonds. The van der Waals surface area contributed by atoms with Gasteiger partial charge in [-0.25, -0.2) is 0 Å². The first-order valence-electron chi connectivity index (χ1n) is 4.83. The number of benzene rings is 1. The van der Waals surface area contributed by atoms with Crippen LogP contribution in [0.4, 0.5) is 0 Å². The third-order valence-electron chi connectivity index (χ3n) is 2.31. The van der Waals surface area contributed by atoms with Gasteiger partial charge in [-0.2, -0.15) is 0 Å². The van der Waals surface area contributed by atoms with Crippen LogP contribution < -0.4 is 0 Å². The molecule has 1 aromatic carbocycles. The molecule has 0 saturated carbocycles. The van der Waals surface area contributed by atoms with Crippen LogP contribution in [0.5, 0.6) is 0 Å². The fourth-order valence-electron chi connectivity index (χ4n) is 1.56. The maximum atomic E-state index is 9.29. The summed E-state index contributed by atoms with van der Waals surface area (Å²) < 4.78 is 0. The van der Waals surface area contributed by atoms with E-state index in [0.717, 1.165) is 0 Å². The molecule has 2 rings (SSSR count). The first-order valence-corrected chi connectivity index (χ1v) is 5.96. The molecule has 2 nitrogen and oxygen atoms in total. The monoisotopic (exact) mass is 287 g/mol. The van der Waals surface area contributed by atoms with E-state index in [1.165, 1.54) is 6.20 Å². The van der Waals surface area contributed by atoms with Gasteiger partial charge in [-0.1, -0.05) is 46.9 Å². The van der Waals surface area contributed by atoms with Gasteiger partial charge in [0, 0.05) is 11.8 Å². The predicted molar refractivity (Wildman–Crippen MR) is 70.6 cm³/mol. The van der Waals surface area contributed by atoms with Gasteiger partial charge in [0.1, 0.15) is 0 Å². The van der Waals surface area contributed by atoms with E-state index < -0.39 is 0 Å². The van der Waals surface area contributed by atoms with E-state index in [9.17, 15) is 5.11 Å². The van der Waals surface area contributed by atoms with Crippen molar-refractivity contribution in [3.05, 3.63) is 51.1 Å². The van der Waals surface area contributed by atoms with Crippen molar-refractivity contribution >= 4 is 34.8 Å². The zero-order chi connectivity index (χ0) is 12.4. The summed E-state index contributed by atoms with van der Waals surface area (Å²) in [5, 5.41) is 10.6. The molecule has 17 heavy (non-hydrogen) atoms. The maximum absolute atomic E-state index is 9.29. The minimum Gasteiger partial charge on any atom is -0.392 e. The van der Waals surface area contributed by atoms with Gasteiger partial charge in [-0.15, -0.1) is 0 Å². The molecule has 0 radical (unpaired) electrons. The highest BCUT2D eigenvalue weighted by atomic mass is 35.5. The van der Waals surface area contributed by atoms with Gasteiger partial charge < -0.3 is 5.11 Å². The molecule has 1 N–H and O–H groups in total. The smallest absolute Gasteiger partial charge is 0.0907 e. The molecule has 0 fully saturated rings. The summed E-state index contributed by atoms with van der Waals surface area (Å²) in [5.74, 6) is 0. The third-order valence-corrected chi connectivity index (χ3v) is 3.12. The number of hydrogen-bond donors (Lipinski definition) is 1. The standard InChI is InChI=1S/C12H8Cl3NO/c13-8-4-10(15)12(16-5-8)11-7(6-17)2-1-3-9(11)14/h1-5,17H,6H2. The molecule has 0 aliphatic heterocycles. The maximum Gasteiger partial charge on any atom is 0.0907 e. The molecule has 1 heterocycles. The topological polar surface area (TPSA) is 33.1 Å². The summed E-state index contributed by atoms with van der Waals surface area (Å²) in [6.07, 6.45) is 1.49. The number of rotatable bonds is 2. The second-order valence-electron chi connectivity index (χ2n) is 3.42. The van der Waals surface area contributed by atoms with Crippen molar-refractivity contribution in [2.75, 3.05) is 0 Å². The number of aromatic nitrogens is 1. The molecule has 0 aliphatic carbocycles. The van der Waals surface area contributed by atoms with Crippen molar-refractivity contribution in [3.8, 4) is 11.3 Å². The van der Waals surface area contributed by atoms with Gasteiger partial charge in [0.05, 0.1) is 27.4 Å². The zero-order valence-electron chi connectivity index (χ0n) is 8.62. The van der Waals surface area contributed by atoms with Gasteiger partial charge in [0.25, 0.3) is 0 Å². The third kappa shape index (κ3) is 2.55. The van der Waals surface area contributed by atoms with Crippen molar-refractivity contribution < 1.29 is 5.11 Å². The number of aliphatic hydroxyl groups is 1. The molecular weight excluding hydrogens is 280 g/mol. The Bertz CT molecular complexity index is 557. The lowest BCUT2D eigenvalue weighted by Crippen LogP contribution is -1.93. The van der Waals surface area contributed by atoms with Crippen LogP contribution >= 0.6 is 34.8 Å². The molecule has 0 unspecified atom stereocenters. The summed E-state index contributed by atoms with van der Waals surface area (Å²) >= 11 is 18.0. The van der Waals surface area contributed by atoms with Crippen LogP contribution in [-0.4, -0.2) is 10.1 Å². The largest absolute Gasteiger partial charge is 0.392 e. The SMILES string of the molecule is OCc1cccc(Cl)c1-c1ncc(Cl)cc1Cl. The Morgan fingerprint density at radius 2 is 1.88 bits per heavy atom. The summed E-state index contributed by atoms with van der Waals surface area (Å²) in [7, 11) is 0. The average Bonchev–Trinajstić information content (AvgIpc) is 2.30. The number of pyridine rings is 1. The van der Waals surface area contributed by atoms with Crippen LogP contribution in [0.1, 0.15) is 5.56 Å². The number of halogens is 3. The fourth-order valence-corrected chi connectivity index (χ4v) is 2.32. The van der Waals surface area contributed by atoms with Gasteiger partial charge in [0.15, 0.2) is 0 Å². The van der Waals surface area contributed by atoms with E-state index in [1.807, 2.05) is 0 Å². The Balaban J connectivity index is 2.67. The molecule has 0 bridgehead atoms. The van der Waals surface area contributed by atoms with Gasteiger partial charge in [-0.05, 0) is 17.7 Å². The lowest BCUT2D eigenvalue weighted by molar-refractivity contribution is 0.282. The van der Waals surface area contributed by atoms with Gasteiger partial charge in [0.2, 0.25) is 0 Å². The lowest BCUT2D eigenvalue weighted by Gasteiger charge is -2.10. The molecule has 0 spiro atoms. The van der Waals surface area contributed by atoms with E-state index in [-0.39, 0.29) is 6.61 Å². The summed E-state index contributed by atoms with van der Waals surface area (Å²) in [6, 6.07) is 6.85. The van der Waals surface area contributed by atoms with Crippen molar-refractivity contribution in [1.29, 1.82) is 0 Å². The number of nitrogens with zero attached hydrogens (tertiary/aromatic N) is 1. The molecular formula is C12H8Cl3NO. The Labute approximate surface area is 114 Å². The highest BCUT2D eigenvalue weighted by Crippen LogP contribution is 2.35. The van der Waals surface area contributed by atoms with Crippen LogP contribution in [0.15, 0.2) is 30.5 Å². The van der Waals surface area contributed by atoms with E-state index in [4.69, 9.17) is 34.8 Å². The number of hydrogen-bond acceptors (Lipinski definition) is 2. The van der Waals surface area contributed by atoms with Crippen molar-refractivity contribution in [3.63, 3.8) is 0 Å². The van der Waals surface area contributed by atoms with Gasteiger partial charge in [-0.3, -0.25) is 4.98 Å². The Morgan fingerprint density at radius 3 is 2.53 bits per heavy atom. The second kappa shape index (κ2) is 5.23. The second-order valence-corrected chi connectivity index (χ2v) is 4.67. The van der Waals surface area contributed by atoms with Crippen LogP contribution in [0, 0.1) is 0 Å². The summed E-state index contributed by atoms with van der Waals surface area (Å²) in [6.45, 7) is -0.128. The molecule has 0 atom stereocenters. The highest BCUT2D eigenvalue weighted by molar-refractivity contribution is 6.37. The molecule has 1 aromatic heterocycles. The zero-order valence-corrected chi connectivity index (χ0v) is 10.9. The van der Waals surface area contributed by atoms with Crippen LogP contribution in [0.2, 0.25) is 15.1 Å². The summed E-state index contributed by atoms with van der Waals surface area (Å²) in [5.41, 5.74) is 1.83. The number of aliphatic hydroxyl groups excluding tert-OH is 1. The van der Waals surface area contributed by atoms with Crippen molar-refractivity contribution in [2.45, 2.75) is 6.61 Å². The minimum atomic E-state index is -0.128. The van der Waals surface area contributed by atoms with E-state index in [2.05, 4.69) is 4.98 Å².